The second-order valence-corrected chi connectivity index (χ2v) is 6.62. The van der Waals surface area contributed by atoms with E-state index in [0.717, 1.165) is 12.8 Å². The van der Waals surface area contributed by atoms with E-state index >= 15 is 0 Å². The first-order valence-corrected chi connectivity index (χ1v) is 7.26. The lowest BCUT2D eigenvalue weighted by Crippen LogP contribution is -2.34. The number of unbranched alkanes of at least 4 members (excludes halogenated alkanes) is 1. The van der Waals surface area contributed by atoms with Crippen molar-refractivity contribution in [1.82, 2.24) is 0 Å². The highest BCUT2D eigenvalue weighted by Gasteiger charge is 2.28. The summed E-state index contributed by atoms with van der Waals surface area (Å²) in [4.78, 5) is 22.1. The van der Waals surface area contributed by atoms with Crippen LogP contribution >= 0.6 is 0 Å². The fourth-order valence-electron chi connectivity index (χ4n) is 1.55. The molecule has 0 saturated carbocycles. The third-order valence-electron chi connectivity index (χ3n) is 2.32. The van der Waals surface area contributed by atoms with E-state index in [-0.39, 0.29) is 11.7 Å². The summed E-state index contributed by atoms with van der Waals surface area (Å²) in [5.41, 5.74) is -1.03. The molecule has 0 heterocycles. The number of rotatable bonds is 8. The van der Waals surface area contributed by atoms with E-state index in [4.69, 9.17) is 19.2 Å². The summed E-state index contributed by atoms with van der Waals surface area (Å²) in [5.74, 6) is 0. The van der Waals surface area contributed by atoms with Crippen LogP contribution in [0.3, 0.4) is 0 Å². The maximum atomic E-state index is 11.5. The molecule has 120 valence electrons. The topological polar surface area (TPSA) is 54.0 Å². The molecule has 20 heavy (non-hydrogen) atoms. The number of hydrogen-bond donors (Lipinski definition) is 0. The summed E-state index contributed by atoms with van der Waals surface area (Å²) in [7, 11) is 0. The van der Waals surface area contributed by atoms with Crippen LogP contribution in [-0.2, 0) is 19.2 Å². The SMILES string of the molecule is CCCCOC(=O)OC(C)(C)CC(C)OOC(C)(C)C. The largest absolute Gasteiger partial charge is 0.508 e. The maximum Gasteiger partial charge on any atom is 0.508 e. The van der Waals surface area contributed by atoms with E-state index in [1.165, 1.54) is 0 Å². The molecule has 0 rings (SSSR count). The Morgan fingerprint density at radius 3 is 2.25 bits per heavy atom. The van der Waals surface area contributed by atoms with E-state index in [0.29, 0.717) is 13.0 Å². The van der Waals surface area contributed by atoms with Gasteiger partial charge in [0.1, 0.15) is 5.60 Å². The van der Waals surface area contributed by atoms with Gasteiger partial charge in [-0.05, 0) is 48.0 Å². The van der Waals surface area contributed by atoms with Crippen LogP contribution in [0.1, 0.15) is 67.7 Å². The number of carbonyl (C=O) groups excluding carboxylic acids is 1. The minimum atomic E-state index is -0.663. The predicted molar refractivity (Wildman–Crippen MR) is 77.4 cm³/mol. The van der Waals surface area contributed by atoms with Crippen molar-refractivity contribution >= 4 is 6.16 Å². The predicted octanol–water partition coefficient (Wildman–Crippen LogP) is 4.24. The lowest BCUT2D eigenvalue weighted by molar-refractivity contribution is -0.373. The van der Waals surface area contributed by atoms with E-state index in [2.05, 4.69) is 0 Å². The van der Waals surface area contributed by atoms with Gasteiger partial charge in [-0.3, -0.25) is 0 Å². The Hall–Kier alpha value is -0.810. The molecule has 5 heteroatoms. The second-order valence-electron chi connectivity index (χ2n) is 6.62. The average molecular weight is 290 g/mol. The molecule has 1 unspecified atom stereocenters. The zero-order valence-corrected chi connectivity index (χ0v) is 13.9. The molecule has 0 spiro atoms. The first-order valence-electron chi connectivity index (χ1n) is 7.26. The van der Waals surface area contributed by atoms with E-state index in [1.54, 1.807) is 0 Å². The van der Waals surface area contributed by atoms with Gasteiger partial charge >= 0.3 is 6.16 Å². The standard InChI is InChI=1S/C15H30O5/c1-8-9-10-17-13(16)18-15(6,7)11-12(2)19-20-14(3,4)5/h12H,8-11H2,1-7H3. The zero-order valence-electron chi connectivity index (χ0n) is 13.9. The highest BCUT2D eigenvalue weighted by Crippen LogP contribution is 2.21. The van der Waals surface area contributed by atoms with Crippen LogP contribution in [0.2, 0.25) is 0 Å². The van der Waals surface area contributed by atoms with Crippen LogP contribution < -0.4 is 0 Å². The molecular weight excluding hydrogens is 260 g/mol. The first kappa shape index (κ1) is 19.2. The fourth-order valence-corrected chi connectivity index (χ4v) is 1.55. The molecule has 0 radical (unpaired) electrons. The van der Waals surface area contributed by atoms with Gasteiger partial charge in [-0.15, -0.1) is 0 Å². The summed E-state index contributed by atoms with van der Waals surface area (Å²) < 4.78 is 10.3. The molecule has 0 aromatic rings. The lowest BCUT2D eigenvalue weighted by atomic mass is 10.0. The Kier molecular flexibility index (Phi) is 8.13. The van der Waals surface area contributed by atoms with Crippen molar-refractivity contribution in [3.63, 3.8) is 0 Å². The van der Waals surface area contributed by atoms with Gasteiger partial charge in [-0.25, -0.2) is 14.6 Å². The van der Waals surface area contributed by atoms with Crippen molar-refractivity contribution in [2.24, 2.45) is 0 Å². The molecule has 5 nitrogen and oxygen atoms in total. The molecule has 0 bridgehead atoms. The van der Waals surface area contributed by atoms with Crippen molar-refractivity contribution in [3.05, 3.63) is 0 Å². The van der Waals surface area contributed by atoms with Gasteiger partial charge in [0, 0.05) is 6.42 Å². The number of hydrogen-bond acceptors (Lipinski definition) is 5. The summed E-state index contributed by atoms with van der Waals surface area (Å²) in [5, 5.41) is 0. The average Bonchev–Trinajstić information content (AvgIpc) is 2.24. The Bertz CT molecular complexity index is 280. The Morgan fingerprint density at radius 2 is 1.75 bits per heavy atom. The van der Waals surface area contributed by atoms with E-state index < -0.39 is 11.8 Å². The molecule has 0 aliphatic heterocycles. The summed E-state index contributed by atoms with van der Waals surface area (Å²) in [6.45, 7) is 13.7. The van der Waals surface area contributed by atoms with Gasteiger partial charge < -0.3 is 9.47 Å². The molecule has 0 aliphatic carbocycles. The van der Waals surface area contributed by atoms with Gasteiger partial charge in [0.25, 0.3) is 0 Å². The highest BCUT2D eigenvalue weighted by molar-refractivity contribution is 5.60. The minimum Gasteiger partial charge on any atom is -0.434 e. The maximum absolute atomic E-state index is 11.5. The van der Waals surface area contributed by atoms with Crippen molar-refractivity contribution in [3.8, 4) is 0 Å². The normalized spacial score (nSPS) is 13.9. The smallest absolute Gasteiger partial charge is 0.434 e. The summed E-state index contributed by atoms with van der Waals surface area (Å²) in [6.07, 6.45) is 1.52. The van der Waals surface area contributed by atoms with Gasteiger partial charge in [-0.1, -0.05) is 13.3 Å². The van der Waals surface area contributed by atoms with Crippen molar-refractivity contribution in [1.29, 1.82) is 0 Å². The molecule has 0 N–H and O–H groups in total. The van der Waals surface area contributed by atoms with E-state index in [1.807, 2.05) is 48.5 Å². The summed E-state index contributed by atoms with van der Waals surface area (Å²) >= 11 is 0. The molecule has 1 atom stereocenters. The molecular formula is C15H30O5. The van der Waals surface area contributed by atoms with Gasteiger partial charge in [-0.2, -0.15) is 0 Å². The van der Waals surface area contributed by atoms with Crippen LogP contribution in [0.4, 0.5) is 4.79 Å². The molecule has 0 saturated heterocycles. The third kappa shape index (κ3) is 11.1. The van der Waals surface area contributed by atoms with Crippen LogP contribution in [0.25, 0.3) is 0 Å². The Balaban J connectivity index is 4.06. The summed E-state index contributed by atoms with van der Waals surface area (Å²) in [6, 6.07) is 0. The first-order chi connectivity index (χ1) is 9.06. The van der Waals surface area contributed by atoms with Gasteiger partial charge in [0.2, 0.25) is 0 Å². The van der Waals surface area contributed by atoms with Gasteiger partial charge in [0.15, 0.2) is 0 Å². The van der Waals surface area contributed by atoms with Crippen molar-refractivity contribution < 1.29 is 24.0 Å². The highest BCUT2D eigenvalue weighted by atomic mass is 17.2. The van der Waals surface area contributed by atoms with Crippen molar-refractivity contribution in [2.75, 3.05) is 6.61 Å². The number of ether oxygens (including phenoxy) is 2. The third-order valence-corrected chi connectivity index (χ3v) is 2.32. The lowest BCUT2D eigenvalue weighted by Gasteiger charge is -2.28. The minimum absolute atomic E-state index is 0.187. The van der Waals surface area contributed by atoms with Crippen LogP contribution in [0.5, 0.6) is 0 Å². The van der Waals surface area contributed by atoms with E-state index in [9.17, 15) is 4.79 Å². The Labute approximate surface area is 122 Å². The van der Waals surface area contributed by atoms with Gasteiger partial charge in [0.05, 0.1) is 18.3 Å². The zero-order chi connectivity index (χ0) is 15.8. The quantitative estimate of drug-likeness (QED) is 0.289. The monoisotopic (exact) mass is 290 g/mol. The molecule has 0 aromatic carbocycles. The van der Waals surface area contributed by atoms with Crippen LogP contribution in [0, 0.1) is 0 Å². The second kappa shape index (κ2) is 8.47. The molecule has 0 aromatic heterocycles. The Morgan fingerprint density at radius 1 is 1.15 bits per heavy atom. The molecule has 0 amide bonds. The number of carbonyl (C=O) groups is 1. The van der Waals surface area contributed by atoms with Crippen molar-refractivity contribution in [2.45, 2.75) is 85.0 Å². The molecule has 0 aliphatic rings. The van der Waals surface area contributed by atoms with Crippen LogP contribution in [-0.4, -0.2) is 30.1 Å². The van der Waals surface area contributed by atoms with Crippen LogP contribution in [0.15, 0.2) is 0 Å². The molecule has 0 fully saturated rings. The fraction of sp³-hybridized carbons (Fsp3) is 0.933.